The lowest BCUT2D eigenvalue weighted by molar-refractivity contribution is -0.123. The van der Waals surface area contributed by atoms with Crippen LogP contribution in [-0.4, -0.2) is 57.8 Å². The van der Waals surface area contributed by atoms with E-state index >= 15 is 0 Å². The SMILES string of the molecule is COCCCN1C(=O)c2cccc3c(CC(=O)C4CCCN(S(=O)(=O)c5ccc(Cl)s5)C4)ccc1c23. The van der Waals surface area contributed by atoms with Gasteiger partial charge >= 0.3 is 0 Å². The smallest absolute Gasteiger partial charge is 0.258 e. The van der Waals surface area contributed by atoms with Crippen LogP contribution in [0.1, 0.15) is 35.2 Å². The van der Waals surface area contributed by atoms with Crippen molar-refractivity contribution in [1.29, 1.82) is 0 Å². The van der Waals surface area contributed by atoms with Gasteiger partial charge in [-0.1, -0.05) is 29.8 Å². The van der Waals surface area contributed by atoms with E-state index in [9.17, 15) is 18.0 Å². The number of piperidine rings is 1. The number of nitrogens with zero attached hydrogens (tertiary/aromatic N) is 2. The number of carbonyl (C=O) groups excluding carboxylic acids is 2. The summed E-state index contributed by atoms with van der Waals surface area (Å²) in [4.78, 5) is 28.2. The molecule has 1 atom stereocenters. The fourth-order valence-corrected chi connectivity index (χ4v) is 8.33. The minimum atomic E-state index is -3.68. The summed E-state index contributed by atoms with van der Waals surface area (Å²) in [6.07, 6.45) is 2.21. The van der Waals surface area contributed by atoms with Gasteiger partial charge in [-0.2, -0.15) is 4.31 Å². The van der Waals surface area contributed by atoms with E-state index in [0.717, 1.165) is 39.8 Å². The van der Waals surface area contributed by atoms with E-state index in [-0.39, 0.29) is 34.8 Å². The van der Waals surface area contributed by atoms with Gasteiger partial charge in [0.25, 0.3) is 15.9 Å². The van der Waals surface area contributed by atoms with Crippen LogP contribution < -0.4 is 4.90 Å². The minimum absolute atomic E-state index is 0.0149. The van der Waals surface area contributed by atoms with Gasteiger partial charge in [0.2, 0.25) is 0 Å². The van der Waals surface area contributed by atoms with E-state index < -0.39 is 10.0 Å². The highest BCUT2D eigenvalue weighted by Gasteiger charge is 2.35. The van der Waals surface area contributed by atoms with Crippen LogP contribution in [0.3, 0.4) is 0 Å². The van der Waals surface area contributed by atoms with Crippen molar-refractivity contribution in [1.82, 2.24) is 4.31 Å². The molecule has 0 radical (unpaired) electrons. The van der Waals surface area contributed by atoms with E-state index in [1.165, 1.54) is 10.4 Å². The maximum atomic E-state index is 13.4. The molecule has 2 aromatic carbocycles. The Morgan fingerprint density at radius 1 is 1.19 bits per heavy atom. The number of hydrogen-bond donors (Lipinski definition) is 0. The summed E-state index contributed by atoms with van der Waals surface area (Å²) >= 11 is 6.98. The molecule has 0 aliphatic carbocycles. The highest BCUT2D eigenvalue weighted by atomic mass is 35.5. The normalized spacial score (nSPS) is 18.3. The molecule has 190 valence electrons. The molecule has 0 saturated carbocycles. The second-order valence-electron chi connectivity index (χ2n) is 9.18. The molecule has 3 heterocycles. The Morgan fingerprint density at radius 3 is 2.78 bits per heavy atom. The second-order valence-corrected chi connectivity index (χ2v) is 13.1. The largest absolute Gasteiger partial charge is 0.385 e. The average molecular weight is 547 g/mol. The number of benzene rings is 2. The number of anilines is 1. The third-order valence-electron chi connectivity index (χ3n) is 6.95. The van der Waals surface area contributed by atoms with E-state index in [0.29, 0.717) is 42.4 Å². The summed E-state index contributed by atoms with van der Waals surface area (Å²) in [5.41, 5.74) is 2.37. The molecule has 10 heteroatoms. The molecular weight excluding hydrogens is 520 g/mol. The van der Waals surface area contributed by atoms with Crippen molar-refractivity contribution < 1.29 is 22.7 Å². The van der Waals surface area contributed by atoms with Gasteiger partial charge in [-0.05, 0) is 54.5 Å². The Bertz CT molecular complexity index is 1440. The number of Topliss-reactive ketones (excluding diaryl/α,β-unsaturated/α-hetero) is 1. The molecule has 5 rings (SSSR count). The number of ether oxygens (including phenoxy) is 1. The van der Waals surface area contributed by atoms with Gasteiger partial charge in [0.15, 0.2) is 0 Å². The highest BCUT2D eigenvalue weighted by molar-refractivity contribution is 7.91. The number of amides is 1. The Morgan fingerprint density at radius 2 is 2.03 bits per heavy atom. The molecular formula is C26H27ClN2O5S2. The molecule has 2 aliphatic rings. The fourth-order valence-electron chi connectivity index (χ4n) is 5.17. The van der Waals surface area contributed by atoms with E-state index in [2.05, 4.69) is 0 Å². The van der Waals surface area contributed by atoms with Crippen molar-refractivity contribution in [2.24, 2.45) is 5.92 Å². The zero-order valence-electron chi connectivity index (χ0n) is 19.9. The summed E-state index contributed by atoms with van der Waals surface area (Å²) in [6.45, 7) is 1.70. The van der Waals surface area contributed by atoms with Crippen LogP contribution >= 0.6 is 22.9 Å². The molecule has 1 saturated heterocycles. The Kier molecular flexibility index (Phi) is 7.20. The molecule has 1 amide bonds. The summed E-state index contributed by atoms with van der Waals surface area (Å²) in [5.74, 6) is -0.391. The summed E-state index contributed by atoms with van der Waals surface area (Å²) < 4.78 is 33.3. The Labute approximate surface area is 219 Å². The van der Waals surface area contributed by atoms with Crippen LogP contribution in [0, 0.1) is 5.92 Å². The van der Waals surface area contributed by atoms with Crippen LogP contribution in [0.4, 0.5) is 5.69 Å². The molecule has 1 aromatic heterocycles. The van der Waals surface area contributed by atoms with Gasteiger partial charge in [0.05, 0.1) is 10.0 Å². The lowest BCUT2D eigenvalue weighted by atomic mass is 9.89. The van der Waals surface area contributed by atoms with Crippen molar-refractivity contribution in [2.75, 3.05) is 38.3 Å². The van der Waals surface area contributed by atoms with Crippen molar-refractivity contribution in [3.8, 4) is 0 Å². The molecule has 0 spiro atoms. The van der Waals surface area contributed by atoms with Gasteiger partial charge in [0, 0.05) is 56.6 Å². The van der Waals surface area contributed by atoms with Gasteiger partial charge < -0.3 is 9.64 Å². The van der Waals surface area contributed by atoms with Crippen molar-refractivity contribution in [3.63, 3.8) is 0 Å². The molecule has 2 aliphatic heterocycles. The van der Waals surface area contributed by atoms with E-state index in [4.69, 9.17) is 16.3 Å². The molecule has 3 aromatic rings. The monoisotopic (exact) mass is 546 g/mol. The zero-order chi connectivity index (χ0) is 25.4. The zero-order valence-corrected chi connectivity index (χ0v) is 22.3. The van der Waals surface area contributed by atoms with E-state index in [1.807, 2.05) is 30.3 Å². The maximum Gasteiger partial charge on any atom is 0.258 e. The third kappa shape index (κ3) is 4.59. The molecule has 0 bridgehead atoms. The maximum absolute atomic E-state index is 13.4. The molecule has 7 nitrogen and oxygen atoms in total. The van der Waals surface area contributed by atoms with Crippen LogP contribution in [-0.2, 0) is 26.0 Å². The Hall–Kier alpha value is -2.30. The number of hydrogen-bond acceptors (Lipinski definition) is 6. The van der Waals surface area contributed by atoms with Gasteiger partial charge in [-0.25, -0.2) is 8.42 Å². The fraction of sp³-hybridized carbons (Fsp3) is 0.385. The predicted molar refractivity (Wildman–Crippen MR) is 142 cm³/mol. The summed E-state index contributed by atoms with van der Waals surface area (Å²) in [7, 11) is -2.03. The first kappa shape index (κ1) is 25.4. The van der Waals surface area contributed by atoms with Crippen LogP contribution in [0.25, 0.3) is 10.8 Å². The topological polar surface area (TPSA) is 84.0 Å². The van der Waals surface area contributed by atoms with Crippen LogP contribution in [0.2, 0.25) is 4.34 Å². The number of carbonyl (C=O) groups is 2. The molecule has 1 fully saturated rings. The van der Waals surface area contributed by atoms with Crippen molar-refractivity contribution in [2.45, 2.75) is 29.9 Å². The molecule has 0 N–H and O–H groups in total. The molecule has 36 heavy (non-hydrogen) atoms. The first-order valence-corrected chi connectivity index (χ1v) is 14.6. The van der Waals surface area contributed by atoms with Gasteiger partial charge in [-0.3, -0.25) is 9.59 Å². The Balaban J connectivity index is 1.36. The minimum Gasteiger partial charge on any atom is -0.385 e. The first-order valence-electron chi connectivity index (χ1n) is 11.9. The van der Waals surface area contributed by atoms with Gasteiger partial charge in [0.1, 0.15) is 9.99 Å². The third-order valence-corrected chi connectivity index (χ3v) is 10.5. The highest BCUT2D eigenvalue weighted by Crippen LogP contribution is 2.39. The van der Waals surface area contributed by atoms with E-state index in [1.54, 1.807) is 18.1 Å². The summed E-state index contributed by atoms with van der Waals surface area (Å²) in [5, 5.41) is 1.78. The lowest BCUT2D eigenvalue weighted by Crippen LogP contribution is -2.42. The second kappa shape index (κ2) is 10.2. The average Bonchev–Trinajstić information content (AvgIpc) is 3.44. The van der Waals surface area contributed by atoms with Crippen LogP contribution in [0.5, 0.6) is 0 Å². The number of ketones is 1. The van der Waals surface area contributed by atoms with Gasteiger partial charge in [-0.15, -0.1) is 11.3 Å². The molecule has 1 unspecified atom stereocenters. The number of rotatable bonds is 9. The number of halogens is 1. The lowest BCUT2D eigenvalue weighted by Gasteiger charge is -2.31. The van der Waals surface area contributed by atoms with Crippen LogP contribution in [0.15, 0.2) is 46.7 Å². The first-order chi connectivity index (χ1) is 17.3. The summed E-state index contributed by atoms with van der Waals surface area (Å²) in [6, 6.07) is 12.6. The van der Waals surface area contributed by atoms with Crippen molar-refractivity contribution in [3.05, 3.63) is 57.9 Å². The number of thiophene rings is 1. The predicted octanol–water partition coefficient (Wildman–Crippen LogP) is 4.76. The standard InChI is InChI=1S/C26H27ClN2O5S2/c1-34-14-4-13-29-21-9-8-17(19-6-2-7-20(25(19)21)26(29)31)15-22(30)18-5-3-12-28(16-18)36(32,33)24-11-10-23(27)35-24/h2,6-11,18H,3-5,12-16H2,1H3. The van der Waals surface area contributed by atoms with Crippen molar-refractivity contribution >= 4 is 61.1 Å². The quantitative estimate of drug-likeness (QED) is 0.361. The number of sulfonamides is 1. The number of methoxy groups -OCH3 is 1.